The van der Waals surface area contributed by atoms with E-state index in [1.54, 1.807) is 11.3 Å². The Morgan fingerprint density at radius 2 is 2.50 bits per heavy atom. The van der Waals surface area contributed by atoms with E-state index < -0.39 is 0 Å². The Bertz CT molecular complexity index is 303. The zero-order valence-electron chi connectivity index (χ0n) is 7.00. The van der Waals surface area contributed by atoms with E-state index in [9.17, 15) is 0 Å². The number of thiazole rings is 1. The zero-order valence-corrected chi connectivity index (χ0v) is 7.82. The molecule has 64 valence electrons. The van der Waals surface area contributed by atoms with Gasteiger partial charge in [-0.15, -0.1) is 11.3 Å². The second kappa shape index (κ2) is 3.23. The van der Waals surface area contributed by atoms with Crippen LogP contribution in [0.25, 0.3) is 0 Å². The number of aryl methyl sites for hydroxylation is 1. The number of aromatic nitrogens is 1. The van der Waals surface area contributed by atoms with Gasteiger partial charge in [-0.25, -0.2) is 4.98 Å². The van der Waals surface area contributed by atoms with Crippen LogP contribution >= 0.6 is 11.3 Å². The lowest BCUT2D eigenvalue weighted by molar-refractivity contribution is 0.951. The van der Waals surface area contributed by atoms with Crippen LogP contribution in [0.4, 0.5) is 5.13 Å². The van der Waals surface area contributed by atoms with Crippen molar-refractivity contribution in [3.05, 3.63) is 11.1 Å². The minimum atomic E-state index is 0.965. The van der Waals surface area contributed by atoms with Crippen LogP contribution in [0.15, 0.2) is 10.4 Å². The summed E-state index contributed by atoms with van der Waals surface area (Å²) in [5.41, 5.74) is 1.07. The molecular formula is C8H11N3S. The first-order chi connectivity index (χ1) is 5.84. The maximum absolute atomic E-state index is 4.31. The van der Waals surface area contributed by atoms with Crippen LogP contribution in [0.2, 0.25) is 0 Å². The molecule has 0 aromatic carbocycles. The first kappa shape index (κ1) is 7.73. The fourth-order valence-electron chi connectivity index (χ4n) is 1.18. The van der Waals surface area contributed by atoms with Crippen molar-refractivity contribution in [2.75, 3.05) is 11.9 Å². The van der Waals surface area contributed by atoms with Crippen molar-refractivity contribution in [2.45, 2.75) is 19.8 Å². The van der Waals surface area contributed by atoms with Crippen LogP contribution in [-0.2, 0) is 0 Å². The third-order valence-electron chi connectivity index (χ3n) is 1.74. The topological polar surface area (TPSA) is 37.3 Å². The summed E-state index contributed by atoms with van der Waals surface area (Å²) in [6.45, 7) is 2.96. The summed E-state index contributed by atoms with van der Waals surface area (Å²) in [5, 5.41) is 6.22. The van der Waals surface area contributed by atoms with Gasteiger partial charge in [-0.1, -0.05) is 0 Å². The minimum Gasteiger partial charge on any atom is -0.320 e. The number of hydrogen-bond donors (Lipinski definition) is 1. The molecule has 0 saturated carbocycles. The van der Waals surface area contributed by atoms with Crippen molar-refractivity contribution in [3.8, 4) is 0 Å². The first-order valence-corrected chi connectivity index (χ1v) is 4.95. The second-order valence-corrected chi connectivity index (χ2v) is 3.71. The van der Waals surface area contributed by atoms with Crippen LogP contribution < -0.4 is 5.32 Å². The van der Waals surface area contributed by atoms with E-state index in [1.807, 2.05) is 12.3 Å². The van der Waals surface area contributed by atoms with Crippen molar-refractivity contribution in [1.29, 1.82) is 0 Å². The molecule has 1 aromatic rings. The molecule has 0 atom stereocenters. The van der Waals surface area contributed by atoms with Crippen LogP contribution in [0.5, 0.6) is 0 Å². The summed E-state index contributed by atoms with van der Waals surface area (Å²) in [7, 11) is 0. The fourth-order valence-corrected chi connectivity index (χ4v) is 1.88. The van der Waals surface area contributed by atoms with E-state index in [-0.39, 0.29) is 0 Å². The number of amidine groups is 1. The van der Waals surface area contributed by atoms with Crippen LogP contribution in [0.1, 0.15) is 18.5 Å². The number of hydrogen-bond acceptors (Lipinski definition) is 4. The van der Waals surface area contributed by atoms with Crippen molar-refractivity contribution in [1.82, 2.24) is 4.98 Å². The Balaban J connectivity index is 2.03. The van der Waals surface area contributed by atoms with E-state index >= 15 is 0 Å². The van der Waals surface area contributed by atoms with Crippen molar-refractivity contribution >= 4 is 22.3 Å². The predicted octanol–water partition coefficient (Wildman–Crippen LogP) is 2.06. The normalized spacial score (nSPS) is 16.2. The highest BCUT2D eigenvalue weighted by atomic mass is 32.1. The predicted molar refractivity (Wildman–Crippen MR) is 52.0 cm³/mol. The highest BCUT2D eigenvalue weighted by molar-refractivity contribution is 7.13. The van der Waals surface area contributed by atoms with E-state index in [4.69, 9.17) is 0 Å². The molecule has 0 aliphatic carbocycles. The van der Waals surface area contributed by atoms with Gasteiger partial charge in [0.15, 0.2) is 5.13 Å². The Morgan fingerprint density at radius 1 is 1.58 bits per heavy atom. The van der Waals surface area contributed by atoms with Gasteiger partial charge >= 0.3 is 0 Å². The van der Waals surface area contributed by atoms with Gasteiger partial charge in [0.25, 0.3) is 0 Å². The molecule has 0 saturated heterocycles. The average molecular weight is 181 g/mol. The molecule has 1 N–H and O–H groups in total. The van der Waals surface area contributed by atoms with Gasteiger partial charge in [-0.2, -0.15) is 0 Å². The number of nitrogens with one attached hydrogen (secondary N) is 1. The number of anilines is 1. The lowest BCUT2D eigenvalue weighted by Gasteiger charge is -1.98. The molecule has 12 heavy (non-hydrogen) atoms. The Hall–Kier alpha value is -0.900. The summed E-state index contributed by atoms with van der Waals surface area (Å²) in [4.78, 5) is 8.61. The van der Waals surface area contributed by atoms with Gasteiger partial charge in [0.2, 0.25) is 0 Å². The lowest BCUT2D eigenvalue weighted by atomic mass is 10.3. The van der Waals surface area contributed by atoms with Gasteiger partial charge in [-0.05, 0) is 13.3 Å². The number of aliphatic imine (C=N–C) groups is 1. The molecule has 1 aromatic heterocycles. The molecule has 2 heterocycles. The molecule has 4 heteroatoms. The summed E-state index contributed by atoms with van der Waals surface area (Å²) >= 11 is 1.63. The van der Waals surface area contributed by atoms with E-state index in [1.165, 1.54) is 6.42 Å². The summed E-state index contributed by atoms with van der Waals surface area (Å²) in [6, 6.07) is 0. The van der Waals surface area contributed by atoms with Gasteiger partial charge < -0.3 is 5.32 Å². The van der Waals surface area contributed by atoms with E-state index in [0.29, 0.717) is 0 Å². The third kappa shape index (κ3) is 1.64. The number of rotatable bonds is 1. The summed E-state index contributed by atoms with van der Waals surface area (Å²) in [6.07, 6.45) is 2.24. The standard InChI is InChI=1S/C8H11N3S/c1-6-5-12-8(10-6)11-7-3-2-4-9-7/h5H,2-4H2,1H3,(H,9,10,11). The fraction of sp³-hybridized carbons (Fsp3) is 0.500. The molecule has 2 rings (SSSR count). The van der Waals surface area contributed by atoms with Crippen molar-refractivity contribution in [2.24, 2.45) is 4.99 Å². The zero-order chi connectivity index (χ0) is 8.39. The Labute approximate surface area is 75.6 Å². The highest BCUT2D eigenvalue weighted by Crippen LogP contribution is 2.16. The Morgan fingerprint density at radius 3 is 3.08 bits per heavy atom. The summed E-state index contributed by atoms with van der Waals surface area (Å²) in [5.74, 6) is 1.09. The van der Waals surface area contributed by atoms with Crippen molar-refractivity contribution < 1.29 is 0 Å². The van der Waals surface area contributed by atoms with Crippen LogP contribution in [0, 0.1) is 6.92 Å². The van der Waals surface area contributed by atoms with Crippen LogP contribution in [0.3, 0.4) is 0 Å². The maximum Gasteiger partial charge on any atom is 0.188 e. The molecule has 0 amide bonds. The SMILES string of the molecule is Cc1csc(NC2=NCCC2)n1. The quantitative estimate of drug-likeness (QED) is 0.720. The molecule has 0 radical (unpaired) electrons. The molecule has 1 aliphatic heterocycles. The molecule has 0 fully saturated rings. The second-order valence-electron chi connectivity index (χ2n) is 2.85. The Kier molecular flexibility index (Phi) is 2.08. The third-order valence-corrected chi connectivity index (χ3v) is 2.62. The van der Waals surface area contributed by atoms with Crippen molar-refractivity contribution in [3.63, 3.8) is 0 Å². The molecule has 1 aliphatic rings. The smallest absolute Gasteiger partial charge is 0.188 e. The van der Waals surface area contributed by atoms with Gasteiger partial charge in [-0.3, -0.25) is 4.99 Å². The molecule has 0 spiro atoms. The monoisotopic (exact) mass is 181 g/mol. The molecule has 3 nitrogen and oxygen atoms in total. The maximum atomic E-state index is 4.31. The van der Waals surface area contributed by atoms with Gasteiger partial charge in [0.05, 0.1) is 5.69 Å². The van der Waals surface area contributed by atoms with E-state index in [2.05, 4.69) is 15.3 Å². The largest absolute Gasteiger partial charge is 0.320 e. The first-order valence-electron chi connectivity index (χ1n) is 4.07. The molecule has 0 unspecified atom stereocenters. The van der Waals surface area contributed by atoms with E-state index in [0.717, 1.165) is 29.6 Å². The average Bonchev–Trinajstić information content (AvgIpc) is 2.63. The van der Waals surface area contributed by atoms with Crippen LogP contribution in [-0.4, -0.2) is 17.4 Å². The minimum absolute atomic E-state index is 0.965. The molecule has 0 bridgehead atoms. The highest BCUT2D eigenvalue weighted by Gasteiger charge is 2.07. The lowest BCUT2D eigenvalue weighted by Crippen LogP contribution is -2.07. The van der Waals surface area contributed by atoms with Gasteiger partial charge in [0.1, 0.15) is 5.84 Å². The summed E-state index contributed by atoms with van der Waals surface area (Å²) < 4.78 is 0. The van der Waals surface area contributed by atoms with Gasteiger partial charge in [0, 0.05) is 18.3 Å². The molecular weight excluding hydrogens is 170 g/mol. The number of nitrogens with zero attached hydrogens (tertiary/aromatic N) is 2.